The number of hydrogen-bond donors (Lipinski definition) is 0. The zero-order chi connectivity index (χ0) is 7.35. The highest BCUT2D eigenvalue weighted by Crippen LogP contribution is 2.54. The molecule has 2 unspecified atom stereocenters. The average Bonchev–Trinajstić information content (AvgIpc) is 2.03. The van der Waals surface area contributed by atoms with Crippen LogP contribution in [0.2, 0.25) is 0 Å². The second kappa shape index (κ2) is 1.52. The summed E-state index contributed by atoms with van der Waals surface area (Å²) >= 11 is 0. The molecule has 0 amide bonds. The standard InChI is InChI=1S/C9H12O/c1-6-3-4-9(2)5-7(10)8(6)9/h3,8H,4-5H2,1-2H3. The van der Waals surface area contributed by atoms with Crippen LogP contribution in [0.3, 0.4) is 0 Å². The van der Waals surface area contributed by atoms with E-state index in [2.05, 4.69) is 19.9 Å². The average molecular weight is 136 g/mol. The largest absolute Gasteiger partial charge is 0.299 e. The summed E-state index contributed by atoms with van der Waals surface area (Å²) in [6, 6.07) is 0. The SMILES string of the molecule is CC1=CCC2(C)CC(=O)C12. The van der Waals surface area contributed by atoms with Gasteiger partial charge in [-0.25, -0.2) is 0 Å². The Morgan fingerprint density at radius 1 is 1.70 bits per heavy atom. The van der Waals surface area contributed by atoms with E-state index in [1.807, 2.05) is 0 Å². The minimum atomic E-state index is 0.299. The van der Waals surface area contributed by atoms with Gasteiger partial charge in [-0.05, 0) is 18.8 Å². The van der Waals surface area contributed by atoms with Crippen molar-refractivity contribution < 1.29 is 4.79 Å². The number of Topliss-reactive ketones (excluding diaryl/α,β-unsaturated/α-hetero) is 1. The van der Waals surface area contributed by atoms with E-state index in [-0.39, 0.29) is 0 Å². The molecule has 0 bridgehead atoms. The third kappa shape index (κ3) is 0.511. The topological polar surface area (TPSA) is 17.1 Å². The first-order chi connectivity index (χ1) is 4.63. The number of carbonyl (C=O) groups is 1. The Morgan fingerprint density at radius 2 is 2.40 bits per heavy atom. The van der Waals surface area contributed by atoms with Crippen LogP contribution in [0, 0.1) is 11.3 Å². The lowest BCUT2D eigenvalue weighted by molar-refractivity contribution is -0.137. The molecule has 0 aromatic rings. The number of ketones is 1. The van der Waals surface area contributed by atoms with Gasteiger partial charge in [0.05, 0.1) is 0 Å². The molecule has 2 atom stereocenters. The predicted molar refractivity (Wildman–Crippen MR) is 39.6 cm³/mol. The minimum absolute atomic E-state index is 0.299. The maximum Gasteiger partial charge on any atom is 0.141 e. The van der Waals surface area contributed by atoms with Crippen LogP contribution in [0.5, 0.6) is 0 Å². The van der Waals surface area contributed by atoms with Crippen LogP contribution < -0.4 is 0 Å². The molecular formula is C9H12O. The highest BCUT2D eigenvalue weighted by molar-refractivity contribution is 5.92. The molecule has 2 aliphatic rings. The molecule has 1 heteroatoms. The van der Waals surface area contributed by atoms with E-state index < -0.39 is 0 Å². The van der Waals surface area contributed by atoms with Gasteiger partial charge in [-0.15, -0.1) is 0 Å². The van der Waals surface area contributed by atoms with Crippen molar-refractivity contribution in [2.45, 2.75) is 26.7 Å². The lowest BCUT2D eigenvalue weighted by Crippen LogP contribution is -2.43. The molecule has 0 spiro atoms. The fourth-order valence-corrected chi connectivity index (χ4v) is 2.37. The number of fused-ring (bicyclic) bond motifs is 1. The van der Waals surface area contributed by atoms with Gasteiger partial charge < -0.3 is 0 Å². The normalized spacial score (nSPS) is 44.4. The summed E-state index contributed by atoms with van der Waals surface area (Å²) in [6.45, 7) is 4.29. The highest BCUT2D eigenvalue weighted by Gasteiger charge is 2.52. The molecule has 0 aromatic carbocycles. The third-order valence-corrected chi connectivity index (χ3v) is 2.94. The van der Waals surface area contributed by atoms with E-state index >= 15 is 0 Å². The molecule has 0 aliphatic heterocycles. The predicted octanol–water partition coefficient (Wildman–Crippen LogP) is 1.93. The van der Waals surface area contributed by atoms with Gasteiger partial charge in [-0.3, -0.25) is 4.79 Å². The Morgan fingerprint density at radius 3 is 2.80 bits per heavy atom. The molecule has 1 saturated carbocycles. The summed E-state index contributed by atoms with van der Waals surface area (Å²) in [6.07, 6.45) is 4.15. The van der Waals surface area contributed by atoms with E-state index in [9.17, 15) is 4.79 Å². The third-order valence-electron chi connectivity index (χ3n) is 2.94. The summed E-state index contributed by atoms with van der Waals surface area (Å²) < 4.78 is 0. The summed E-state index contributed by atoms with van der Waals surface area (Å²) in [7, 11) is 0. The smallest absolute Gasteiger partial charge is 0.141 e. The van der Waals surface area contributed by atoms with Crippen molar-refractivity contribution in [3.05, 3.63) is 11.6 Å². The summed E-state index contributed by atoms with van der Waals surface area (Å²) in [5, 5.41) is 0. The molecule has 2 rings (SSSR count). The molecule has 0 N–H and O–H groups in total. The molecule has 0 aromatic heterocycles. The lowest BCUT2D eigenvalue weighted by Gasteiger charge is -2.41. The van der Waals surface area contributed by atoms with Gasteiger partial charge in [0.25, 0.3) is 0 Å². The number of hydrogen-bond acceptors (Lipinski definition) is 1. The summed E-state index contributed by atoms with van der Waals surface area (Å²) in [5.41, 5.74) is 1.64. The van der Waals surface area contributed by atoms with Crippen LogP contribution in [0.15, 0.2) is 11.6 Å². The van der Waals surface area contributed by atoms with Gasteiger partial charge in [-0.1, -0.05) is 18.6 Å². The van der Waals surface area contributed by atoms with Crippen molar-refractivity contribution in [2.75, 3.05) is 0 Å². The highest BCUT2D eigenvalue weighted by atomic mass is 16.1. The zero-order valence-electron chi connectivity index (χ0n) is 6.48. The summed E-state index contributed by atoms with van der Waals surface area (Å²) in [5.74, 6) is 0.751. The van der Waals surface area contributed by atoms with Crippen molar-refractivity contribution in [1.82, 2.24) is 0 Å². The zero-order valence-corrected chi connectivity index (χ0v) is 6.48. The number of carbonyl (C=O) groups excluding carboxylic acids is 1. The van der Waals surface area contributed by atoms with Crippen LogP contribution in [0.25, 0.3) is 0 Å². The van der Waals surface area contributed by atoms with Crippen molar-refractivity contribution in [3.8, 4) is 0 Å². The first-order valence-corrected chi connectivity index (χ1v) is 3.83. The number of allylic oxidation sites excluding steroid dienone is 2. The maximum atomic E-state index is 11.1. The van der Waals surface area contributed by atoms with Gasteiger partial charge in [0, 0.05) is 12.3 Å². The Hall–Kier alpha value is -0.590. The monoisotopic (exact) mass is 136 g/mol. The first-order valence-electron chi connectivity index (χ1n) is 3.83. The van der Waals surface area contributed by atoms with E-state index in [1.54, 1.807) is 0 Å². The molecule has 54 valence electrons. The van der Waals surface area contributed by atoms with E-state index in [0.717, 1.165) is 12.8 Å². The second-order valence-corrected chi connectivity index (χ2v) is 3.88. The van der Waals surface area contributed by atoms with Crippen molar-refractivity contribution in [3.63, 3.8) is 0 Å². The lowest BCUT2D eigenvalue weighted by atomic mass is 9.60. The van der Waals surface area contributed by atoms with Crippen LogP contribution >= 0.6 is 0 Å². The van der Waals surface area contributed by atoms with Gasteiger partial charge >= 0.3 is 0 Å². The maximum absolute atomic E-state index is 11.1. The Balaban J connectivity index is 2.32. The molecule has 2 aliphatic carbocycles. The fourth-order valence-electron chi connectivity index (χ4n) is 2.37. The quantitative estimate of drug-likeness (QED) is 0.465. The molecule has 0 radical (unpaired) electrons. The van der Waals surface area contributed by atoms with Crippen LogP contribution in [-0.2, 0) is 4.79 Å². The molecule has 10 heavy (non-hydrogen) atoms. The van der Waals surface area contributed by atoms with Crippen LogP contribution in [0.4, 0.5) is 0 Å². The van der Waals surface area contributed by atoms with Gasteiger partial charge in [-0.2, -0.15) is 0 Å². The first kappa shape index (κ1) is 6.14. The Labute approximate surface area is 61.1 Å². The van der Waals surface area contributed by atoms with Gasteiger partial charge in [0.15, 0.2) is 0 Å². The van der Waals surface area contributed by atoms with Gasteiger partial charge in [0.1, 0.15) is 5.78 Å². The molecular weight excluding hydrogens is 124 g/mol. The van der Waals surface area contributed by atoms with Crippen LogP contribution in [0.1, 0.15) is 26.7 Å². The Kier molecular flexibility index (Phi) is 0.936. The second-order valence-electron chi connectivity index (χ2n) is 3.88. The fraction of sp³-hybridized carbons (Fsp3) is 0.667. The van der Waals surface area contributed by atoms with Crippen molar-refractivity contribution in [2.24, 2.45) is 11.3 Å². The van der Waals surface area contributed by atoms with E-state index in [0.29, 0.717) is 17.1 Å². The van der Waals surface area contributed by atoms with E-state index in [1.165, 1.54) is 5.57 Å². The molecule has 0 heterocycles. The van der Waals surface area contributed by atoms with Crippen LogP contribution in [-0.4, -0.2) is 5.78 Å². The minimum Gasteiger partial charge on any atom is -0.299 e. The Bertz CT molecular complexity index is 227. The summed E-state index contributed by atoms with van der Waals surface area (Å²) in [4.78, 5) is 11.1. The number of rotatable bonds is 0. The van der Waals surface area contributed by atoms with Crippen molar-refractivity contribution in [1.29, 1.82) is 0 Å². The van der Waals surface area contributed by atoms with Crippen molar-refractivity contribution >= 4 is 5.78 Å². The molecule has 1 nitrogen and oxygen atoms in total. The molecule has 1 fully saturated rings. The molecule has 0 saturated heterocycles. The van der Waals surface area contributed by atoms with Gasteiger partial charge in [0.2, 0.25) is 0 Å². The van der Waals surface area contributed by atoms with E-state index in [4.69, 9.17) is 0 Å².